The molecule has 0 aliphatic carbocycles. The highest BCUT2D eigenvalue weighted by molar-refractivity contribution is 7.89. The van der Waals surface area contributed by atoms with Crippen LogP contribution in [0.25, 0.3) is 0 Å². The number of nitrogens with one attached hydrogen (secondary N) is 1. The third kappa shape index (κ3) is 5.51. The third-order valence-electron chi connectivity index (χ3n) is 4.67. The van der Waals surface area contributed by atoms with Gasteiger partial charge in [0.2, 0.25) is 10.0 Å². The highest BCUT2D eigenvalue weighted by Gasteiger charge is 2.25. The van der Waals surface area contributed by atoms with Crippen LogP contribution in [-0.4, -0.2) is 38.3 Å². The maximum Gasteiger partial charge on any atom is 0.387 e. The maximum atomic E-state index is 12.6. The number of hydrogen-bond acceptors (Lipinski definition) is 4. The summed E-state index contributed by atoms with van der Waals surface area (Å²) in [6.07, 6.45) is 2.80. The smallest absolute Gasteiger partial charge is 0.387 e. The molecule has 156 valence electrons. The average Bonchev–Trinajstić information content (AvgIpc) is 2.73. The molecule has 2 aromatic rings. The molecule has 6 nitrogen and oxygen atoms in total. The number of carbonyl (C=O) groups excluding carboxylic acids is 1. The summed E-state index contributed by atoms with van der Waals surface area (Å²) >= 11 is 0. The zero-order chi connectivity index (χ0) is 20.9. The van der Waals surface area contributed by atoms with Crippen molar-refractivity contribution in [2.75, 3.05) is 13.1 Å². The van der Waals surface area contributed by atoms with Gasteiger partial charge in [-0.1, -0.05) is 18.6 Å². The van der Waals surface area contributed by atoms with Crippen molar-refractivity contribution in [3.05, 3.63) is 59.7 Å². The Hall–Kier alpha value is -2.52. The number of amides is 1. The normalized spacial score (nSPS) is 15.3. The summed E-state index contributed by atoms with van der Waals surface area (Å²) in [5, 5.41) is 2.71. The van der Waals surface area contributed by atoms with Gasteiger partial charge in [0.05, 0.1) is 4.90 Å². The zero-order valence-electron chi connectivity index (χ0n) is 15.7. The Morgan fingerprint density at radius 2 is 1.62 bits per heavy atom. The number of benzene rings is 2. The number of rotatable bonds is 7. The van der Waals surface area contributed by atoms with Gasteiger partial charge in [0, 0.05) is 25.2 Å². The Morgan fingerprint density at radius 1 is 1.00 bits per heavy atom. The molecular formula is C20H22F2N2O4S. The van der Waals surface area contributed by atoms with Gasteiger partial charge in [-0.3, -0.25) is 4.79 Å². The highest BCUT2D eigenvalue weighted by Crippen LogP contribution is 2.21. The largest absolute Gasteiger partial charge is 0.435 e. The molecule has 0 atom stereocenters. The number of sulfonamides is 1. The number of hydrogen-bond donors (Lipinski definition) is 1. The SMILES string of the molecule is O=C(NCc1ccc(S(=O)(=O)N2CCCCC2)cc1)c1ccc(OC(F)F)cc1. The second-order valence-electron chi connectivity index (χ2n) is 6.69. The summed E-state index contributed by atoms with van der Waals surface area (Å²) in [6, 6.07) is 11.8. The second-order valence-corrected chi connectivity index (χ2v) is 8.63. The van der Waals surface area contributed by atoms with Gasteiger partial charge in [0.15, 0.2) is 0 Å². The fraction of sp³-hybridized carbons (Fsp3) is 0.350. The molecule has 29 heavy (non-hydrogen) atoms. The number of ether oxygens (including phenoxy) is 1. The summed E-state index contributed by atoms with van der Waals surface area (Å²) in [5.74, 6) is -0.402. The molecule has 1 aliphatic rings. The molecule has 0 bridgehead atoms. The van der Waals surface area contributed by atoms with Crippen molar-refractivity contribution < 1.29 is 26.7 Å². The van der Waals surface area contributed by atoms with Crippen LogP contribution in [0.1, 0.15) is 35.2 Å². The Labute approximate surface area is 168 Å². The van der Waals surface area contributed by atoms with E-state index < -0.39 is 16.6 Å². The first-order chi connectivity index (χ1) is 13.9. The first-order valence-corrected chi connectivity index (χ1v) is 10.7. The molecule has 0 aromatic heterocycles. The van der Waals surface area contributed by atoms with Gasteiger partial charge < -0.3 is 10.1 Å². The molecular weight excluding hydrogens is 402 g/mol. The minimum atomic E-state index is -3.49. The molecule has 3 rings (SSSR count). The van der Waals surface area contributed by atoms with E-state index in [1.807, 2.05) is 0 Å². The van der Waals surface area contributed by atoms with Gasteiger partial charge in [-0.15, -0.1) is 0 Å². The van der Waals surface area contributed by atoms with Gasteiger partial charge in [-0.2, -0.15) is 13.1 Å². The van der Waals surface area contributed by atoms with E-state index in [0.29, 0.717) is 18.7 Å². The summed E-state index contributed by atoms with van der Waals surface area (Å²) in [4.78, 5) is 12.4. The topological polar surface area (TPSA) is 75.7 Å². The lowest BCUT2D eigenvalue weighted by atomic mass is 10.2. The lowest BCUT2D eigenvalue weighted by Crippen LogP contribution is -2.35. The second kappa shape index (κ2) is 9.32. The van der Waals surface area contributed by atoms with Crippen molar-refractivity contribution in [1.29, 1.82) is 0 Å². The fourth-order valence-corrected chi connectivity index (χ4v) is 4.62. The number of halogens is 2. The van der Waals surface area contributed by atoms with Crippen LogP contribution in [-0.2, 0) is 16.6 Å². The van der Waals surface area contributed by atoms with E-state index in [4.69, 9.17) is 0 Å². The van der Waals surface area contributed by atoms with E-state index in [2.05, 4.69) is 10.1 Å². The molecule has 0 saturated carbocycles. The van der Waals surface area contributed by atoms with Crippen LogP contribution in [0, 0.1) is 0 Å². The molecule has 1 saturated heterocycles. The van der Waals surface area contributed by atoms with Crippen molar-refractivity contribution in [3.8, 4) is 5.75 Å². The molecule has 9 heteroatoms. The molecule has 0 spiro atoms. The summed E-state index contributed by atoms with van der Waals surface area (Å²) < 4.78 is 55.3. The fourth-order valence-electron chi connectivity index (χ4n) is 3.11. The highest BCUT2D eigenvalue weighted by atomic mass is 32.2. The molecule has 1 heterocycles. The predicted molar refractivity (Wildman–Crippen MR) is 103 cm³/mol. The lowest BCUT2D eigenvalue weighted by Gasteiger charge is -2.25. The van der Waals surface area contributed by atoms with Gasteiger partial charge in [-0.05, 0) is 54.8 Å². The van der Waals surface area contributed by atoms with E-state index in [1.165, 1.54) is 28.6 Å². The van der Waals surface area contributed by atoms with Crippen molar-refractivity contribution in [2.45, 2.75) is 37.3 Å². The third-order valence-corrected chi connectivity index (χ3v) is 6.58. The summed E-state index contributed by atoms with van der Waals surface area (Å²) in [6.45, 7) is -1.63. The minimum Gasteiger partial charge on any atom is -0.435 e. The number of piperidine rings is 1. The molecule has 1 aliphatic heterocycles. The van der Waals surface area contributed by atoms with Crippen LogP contribution in [0.4, 0.5) is 8.78 Å². The Morgan fingerprint density at radius 3 is 2.21 bits per heavy atom. The molecule has 1 fully saturated rings. The van der Waals surface area contributed by atoms with Crippen LogP contribution in [0.15, 0.2) is 53.4 Å². The standard InChI is InChI=1S/C20H22F2N2O4S/c21-20(22)28-17-8-6-16(7-9-17)19(25)23-14-15-4-10-18(11-5-15)29(26,27)24-12-2-1-3-13-24/h4-11,20H,1-3,12-14H2,(H,23,25). The van der Waals surface area contributed by atoms with Gasteiger partial charge in [0.25, 0.3) is 5.91 Å². The Bertz CT molecular complexity index is 926. The monoisotopic (exact) mass is 424 g/mol. The van der Waals surface area contributed by atoms with E-state index in [1.54, 1.807) is 24.3 Å². The zero-order valence-corrected chi connectivity index (χ0v) is 16.5. The van der Waals surface area contributed by atoms with Gasteiger partial charge in [-0.25, -0.2) is 8.42 Å². The van der Waals surface area contributed by atoms with Crippen molar-refractivity contribution in [3.63, 3.8) is 0 Å². The molecule has 0 radical (unpaired) electrons. The van der Waals surface area contributed by atoms with Crippen LogP contribution < -0.4 is 10.1 Å². The minimum absolute atomic E-state index is 0.0259. The summed E-state index contributed by atoms with van der Waals surface area (Å²) in [5.41, 5.74) is 1.05. The first-order valence-electron chi connectivity index (χ1n) is 9.28. The van der Waals surface area contributed by atoms with E-state index >= 15 is 0 Å². The van der Waals surface area contributed by atoms with E-state index in [-0.39, 0.29) is 23.1 Å². The first kappa shape index (κ1) is 21.2. The molecule has 1 N–H and O–H groups in total. The predicted octanol–water partition coefficient (Wildman–Crippen LogP) is 3.39. The van der Waals surface area contributed by atoms with E-state index in [0.717, 1.165) is 24.8 Å². The van der Waals surface area contributed by atoms with Crippen molar-refractivity contribution in [1.82, 2.24) is 9.62 Å². The number of alkyl halides is 2. The van der Waals surface area contributed by atoms with Crippen LogP contribution >= 0.6 is 0 Å². The molecule has 1 amide bonds. The van der Waals surface area contributed by atoms with Crippen LogP contribution in [0.5, 0.6) is 5.75 Å². The quantitative estimate of drug-likeness (QED) is 0.739. The van der Waals surface area contributed by atoms with E-state index in [9.17, 15) is 22.0 Å². The lowest BCUT2D eigenvalue weighted by molar-refractivity contribution is -0.0498. The van der Waals surface area contributed by atoms with Crippen LogP contribution in [0.2, 0.25) is 0 Å². The summed E-state index contributed by atoms with van der Waals surface area (Å²) in [7, 11) is -3.49. The molecule has 2 aromatic carbocycles. The van der Waals surface area contributed by atoms with Gasteiger partial charge >= 0.3 is 6.61 Å². The van der Waals surface area contributed by atoms with Crippen molar-refractivity contribution in [2.24, 2.45) is 0 Å². The molecule has 0 unspecified atom stereocenters. The van der Waals surface area contributed by atoms with Crippen LogP contribution in [0.3, 0.4) is 0 Å². The number of nitrogens with zero attached hydrogens (tertiary/aromatic N) is 1. The Balaban J connectivity index is 1.57. The Kier molecular flexibility index (Phi) is 6.81. The number of carbonyl (C=O) groups is 1. The average molecular weight is 424 g/mol. The maximum absolute atomic E-state index is 12.6. The van der Waals surface area contributed by atoms with Gasteiger partial charge in [0.1, 0.15) is 5.75 Å². The van der Waals surface area contributed by atoms with Crippen molar-refractivity contribution >= 4 is 15.9 Å².